The number of hydrogen-bond donors (Lipinski definition) is 4. The first kappa shape index (κ1) is 27.5. The molecule has 3 aromatic rings. The van der Waals surface area contributed by atoms with Crippen LogP contribution in [0, 0.1) is 0 Å². The minimum absolute atomic E-state index is 0.0549. The van der Waals surface area contributed by atoms with E-state index >= 15 is 0 Å². The summed E-state index contributed by atoms with van der Waals surface area (Å²) in [6.45, 7) is 3.91. The molecule has 7 nitrogen and oxygen atoms in total. The van der Waals surface area contributed by atoms with E-state index in [0.29, 0.717) is 13.1 Å². The van der Waals surface area contributed by atoms with E-state index in [1.54, 1.807) is 6.20 Å². The van der Waals surface area contributed by atoms with Gasteiger partial charge in [-0.2, -0.15) is 0 Å². The first-order valence-corrected chi connectivity index (χ1v) is 14.8. The third-order valence-corrected chi connectivity index (χ3v) is 7.67. The molecule has 1 atom stereocenters. The van der Waals surface area contributed by atoms with Crippen molar-refractivity contribution in [3.8, 4) is 0 Å². The summed E-state index contributed by atoms with van der Waals surface area (Å²) >= 11 is 1.47. The van der Waals surface area contributed by atoms with Crippen LogP contribution in [-0.4, -0.2) is 46.6 Å². The second kappa shape index (κ2) is 15.0. The van der Waals surface area contributed by atoms with Crippen LogP contribution in [0.25, 0.3) is 10.9 Å². The fraction of sp³-hybridized carbons (Fsp3) is 0.483. The molecule has 1 aliphatic carbocycles. The summed E-state index contributed by atoms with van der Waals surface area (Å²) in [4.78, 5) is 21.7. The first-order valence-electron chi connectivity index (χ1n) is 13.5. The number of thioether (sulfide) groups is 1. The lowest BCUT2D eigenvalue weighted by molar-refractivity contribution is -0.121. The molecule has 4 rings (SSSR count). The second-order valence-corrected chi connectivity index (χ2v) is 10.6. The van der Waals surface area contributed by atoms with Crippen molar-refractivity contribution in [2.24, 2.45) is 0 Å². The number of carbonyl (C=O) groups is 1. The van der Waals surface area contributed by atoms with E-state index in [2.05, 4.69) is 50.5 Å². The van der Waals surface area contributed by atoms with Crippen LogP contribution >= 0.6 is 11.8 Å². The Morgan fingerprint density at radius 1 is 1.00 bits per heavy atom. The number of amides is 1. The Balaban J connectivity index is 1.18. The molecule has 1 aliphatic rings. The first-order chi connectivity index (χ1) is 18.2. The van der Waals surface area contributed by atoms with Gasteiger partial charge in [0.05, 0.1) is 23.4 Å². The lowest BCUT2D eigenvalue weighted by Crippen LogP contribution is -2.41. The average Bonchev–Trinajstić information content (AvgIpc) is 2.95. The highest BCUT2D eigenvalue weighted by molar-refractivity contribution is 7.99. The number of fused-ring (bicyclic) bond motifs is 1. The third kappa shape index (κ3) is 9.07. The average molecular weight is 521 g/mol. The lowest BCUT2D eigenvalue weighted by Gasteiger charge is -2.22. The number of pyridine rings is 2. The number of benzene rings is 1. The van der Waals surface area contributed by atoms with Crippen LogP contribution in [0.4, 0.5) is 0 Å². The van der Waals surface area contributed by atoms with Crippen molar-refractivity contribution in [1.82, 2.24) is 31.2 Å². The minimum Gasteiger partial charge on any atom is -0.348 e. The predicted molar refractivity (Wildman–Crippen MR) is 153 cm³/mol. The summed E-state index contributed by atoms with van der Waals surface area (Å²) in [7, 11) is 0. The van der Waals surface area contributed by atoms with Gasteiger partial charge in [-0.3, -0.25) is 20.1 Å². The number of nitrogens with one attached hydrogen (secondary N) is 4. The van der Waals surface area contributed by atoms with Crippen LogP contribution < -0.4 is 21.3 Å². The van der Waals surface area contributed by atoms with E-state index in [1.165, 1.54) is 49.4 Å². The van der Waals surface area contributed by atoms with Crippen molar-refractivity contribution in [1.29, 1.82) is 0 Å². The van der Waals surface area contributed by atoms with Crippen molar-refractivity contribution < 1.29 is 4.79 Å². The van der Waals surface area contributed by atoms with Gasteiger partial charge in [0.15, 0.2) is 0 Å². The molecule has 0 radical (unpaired) electrons. The summed E-state index contributed by atoms with van der Waals surface area (Å²) in [6, 6.07) is 17.0. The molecule has 198 valence electrons. The van der Waals surface area contributed by atoms with Crippen molar-refractivity contribution in [2.45, 2.75) is 69.6 Å². The molecule has 0 spiro atoms. The van der Waals surface area contributed by atoms with Crippen LogP contribution in [0.1, 0.15) is 55.5 Å². The zero-order valence-corrected chi connectivity index (χ0v) is 22.7. The maximum atomic E-state index is 12.7. The van der Waals surface area contributed by atoms with Gasteiger partial charge in [0.25, 0.3) is 0 Å². The van der Waals surface area contributed by atoms with Crippen molar-refractivity contribution >= 4 is 28.6 Å². The molecule has 1 aromatic carbocycles. The molecule has 1 fully saturated rings. The maximum Gasteiger partial charge on any atom is 0.247 e. The van der Waals surface area contributed by atoms with Crippen LogP contribution in [0.2, 0.25) is 0 Å². The number of hydrogen-bond acceptors (Lipinski definition) is 7. The summed E-state index contributed by atoms with van der Waals surface area (Å²) in [5.74, 6) is -0.0549. The molecule has 0 aliphatic heterocycles. The topological polar surface area (TPSA) is 91.0 Å². The highest BCUT2D eigenvalue weighted by Gasteiger charge is 2.16. The molecule has 0 unspecified atom stereocenters. The van der Waals surface area contributed by atoms with Crippen molar-refractivity contribution in [3.05, 3.63) is 71.7 Å². The Morgan fingerprint density at radius 2 is 1.89 bits per heavy atom. The Kier molecular flexibility index (Phi) is 11.2. The second-order valence-electron chi connectivity index (χ2n) is 9.68. The van der Waals surface area contributed by atoms with E-state index in [0.717, 1.165) is 54.4 Å². The van der Waals surface area contributed by atoms with Crippen LogP contribution in [0.3, 0.4) is 0 Å². The molecule has 37 heavy (non-hydrogen) atoms. The highest BCUT2D eigenvalue weighted by atomic mass is 32.2. The maximum absolute atomic E-state index is 12.7. The van der Waals surface area contributed by atoms with Crippen LogP contribution in [-0.2, 0) is 24.4 Å². The molecule has 0 saturated heterocycles. The number of aromatic nitrogens is 2. The normalized spacial score (nSPS) is 15.1. The molecule has 1 amide bonds. The monoisotopic (exact) mass is 520 g/mol. The molecule has 2 aromatic heterocycles. The molecule has 8 heteroatoms. The Labute approximate surface area is 225 Å². The van der Waals surface area contributed by atoms with Gasteiger partial charge < -0.3 is 16.0 Å². The number of carbonyl (C=O) groups excluding carboxylic acids is 1. The van der Waals surface area contributed by atoms with Gasteiger partial charge in [0, 0.05) is 30.7 Å². The Morgan fingerprint density at radius 3 is 2.70 bits per heavy atom. The van der Waals surface area contributed by atoms with Gasteiger partial charge in [-0.15, -0.1) is 11.8 Å². The predicted octanol–water partition coefficient (Wildman–Crippen LogP) is 4.13. The Bertz CT molecular complexity index is 1110. The molecule has 0 bridgehead atoms. The largest absolute Gasteiger partial charge is 0.348 e. The van der Waals surface area contributed by atoms with Gasteiger partial charge in [0.1, 0.15) is 5.37 Å². The standard InChI is InChI=1S/C29H40N6OS/c1-37-29(34-20-25-10-5-6-16-32-25)28(36)33-21-26-13-12-23-18-22(11-14-27(23)35-26)19-30-15-7-17-31-24-8-3-2-4-9-24/h5-6,10-14,16,18,24,29-31,34H,2-4,7-9,15,17,19-21H2,1H3,(H,33,36)/t29-/m0/s1. The smallest absolute Gasteiger partial charge is 0.247 e. The highest BCUT2D eigenvalue weighted by Crippen LogP contribution is 2.17. The zero-order chi connectivity index (χ0) is 25.7. The summed E-state index contributed by atoms with van der Waals surface area (Å²) in [5, 5.41) is 14.3. The molecule has 1 saturated carbocycles. The number of nitrogens with zero attached hydrogens (tertiary/aromatic N) is 2. The van der Waals surface area contributed by atoms with E-state index in [-0.39, 0.29) is 11.3 Å². The van der Waals surface area contributed by atoms with Crippen molar-refractivity contribution in [3.63, 3.8) is 0 Å². The SMILES string of the molecule is CS[C@H](NCc1ccccn1)C(=O)NCc1ccc2cc(CNCCCNC3CCCCC3)ccc2n1. The van der Waals surface area contributed by atoms with E-state index < -0.39 is 0 Å². The lowest BCUT2D eigenvalue weighted by atomic mass is 9.95. The van der Waals surface area contributed by atoms with Gasteiger partial charge in [-0.1, -0.05) is 37.5 Å². The minimum atomic E-state index is -0.347. The molecule has 4 N–H and O–H groups in total. The molecular formula is C29H40N6OS. The quantitative estimate of drug-likeness (QED) is 0.188. The van der Waals surface area contributed by atoms with E-state index in [4.69, 9.17) is 4.98 Å². The van der Waals surface area contributed by atoms with Crippen molar-refractivity contribution in [2.75, 3.05) is 19.3 Å². The van der Waals surface area contributed by atoms with Gasteiger partial charge >= 0.3 is 0 Å². The van der Waals surface area contributed by atoms with E-state index in [9.17, 15) is 4.79 Å². The van der Waals surface area contributed by atoms with E-state index in [1.807, 2.05) is 30.5 Å². The van der Waals surface area contributed by atoms with Gasteiger partial charge in [0.2, 0.25) is 5.91 Å². The summed E-state index contributed by atoms with van der Waals surface area (Å²) in [6.07, 6.45) is 11.7. The van der Waals surface area contributed by atoms with Gasteiger partial charge in [-0.05, 0) is 74.5 Å². The van der Waals surface area contributed by atoms with Crippen LogP contribution in [0.5, 0.6) is 0 Å². The van der Waals surface area contributed by atoms with Crippen LogP contribution in [0.15, 0.2) is 54.7 Å². The molecule has 2 heterocycles. The third-order valence-electron chi connectivity index (χ3n) is 6.82. The van der Waals surface area contributed by atoms with Gasteiger partial charge in [-0.25, -0.2) is 0 Å². The summed E-state index contributed by atoms with van der Waals surface area (Å²) < 4.78 is 0. The Hall–Kier alpha value is -2.52. The summed E-state index contributed by atoms with van der Waals surface area (Å²) in [5.41, 5.74) is 3.97. The zero-order valence-electron chi connectivity index (χ0n) is 21.8. The fourth-order valence-corrected chi connectivity index (χ4v) is 5.29. The fourth-order valence-electron chi connectivity index (χ4n) is 4.74. The number of rotatable bonds is 14. The molecular weight excluding hydrogens is 480 g/mol.